The van der Waals surface area contributed by atoms with Crippen LogP contribution < -0.4 is 15.8 Å². The van der Waals surface area contributed by atoms with Gasteiger partial charge in [-0.15, -0.1) is 0 Å². The fourth-order valence-electron chi connectivity index (χ4n) is 1.44. The average molecular weight is 312 g/mol. The van der Waals surface area contributed by atoms with Gasteiger partial charge in [-0.2, -0.15) is 0 Å². The van der Waals surface area contributed by atoms with Crippen LogP contribution in [-0.2, 0) is 4.79 Å². The largest absolute Gasteiger partial charge is 0.482 e. The van der Waals surface area contributed by atoms with Gasteiger partial charge in [0.2, 0.25) is 0 Å². The summed E-state index contributed by atoms with van der Waals surface area (Å²) in [4.78, 5) is 15.6. The van der Waals surface area contributed by atoms with Crippen molar-refractivity contribution in [2.45, 2.75) is 0 Å². The van der Waals surface area contributed by atoms with E-state index in [1.165, 1.54) is 12.4 Å². The van der Waals surface area contributed by atoms with Crippen LogP contribution in [0.25, 0.3) is 0 Å². The molecule has 5 nitrogen and oxygen atoms in total. The first-order valence-electron chi connectivity index (χ1n) is 5.63. The van der Waals surface area contributed by atoms with E-state index in [-0.39, 0.29) is 12.5 Å². The predicted molar refractivity (Wildman–Crippen MR) is 79.2 cm³/mol. The lowest BCUT2D eigenvalue weighted by atomic mass is 10.3. The number of nitrogens with zero attached hydrogens (tertiary/aromatic N) is 1. The van der Waals surface area contributed by atoms with Crippen molar-refractivity contribution in [1.29, 1.82) is 0 Å². The van der Waals surface area contributed by atoms with Crippen molar-refractivity contribution >= 4 is 40.5 Å². The van der Waals surface area contributed by atoms with Gasteiger partial charge in [0.15, 0.2) is 6.61 Å². The van der Waals surface area contributed by atoms with Crippen molar-refractivity contribution in [2.75, 3.05) is 17.7 Å². The highest BCUT2D eigenvalue weighted by molar-refractivity contribution is 6.34. The minimum Gasteiger partial charge on any atom is -0.482 e. The van der Waals surface area contributed by atoms with Crippen molar-refractivity contribution in [3.8, 4) is 5.75 Å². The zero-order valence-electron chi connectivity index (χ0n) is 10.3. The molecule has 1 amide bonds. The summed E-state index contributed by atoms with van der Waals surface area (Å²) in [5.41, 5.74) is 6.56. The molecule has 0 saturated carbocycles. The molecular formula is C13H11Cl2N3O2. The second kappa shape index (κ2) is 6.45. The van der Waals surface area contributed by atoms with Crippen LogP contribution in [0.15, 0.2) is 36.7 Å². The number of carbonyl (C=O) groups is 1. The monoisotopic (exact) mass is 311 g/mol. The molecule has 0 atom stereocenters. The molecule has 0 aliphatic heterocycles. The van der Waals surface area contributed by atoms with Gasteiger partial charge in [-0.3, -0.25) is 9.78 Å². The molecule has 7 heteroatoms. The standard InChI is InChI=1S/C13H11Cl2N3O2/c14-8-3-10(6-17-5-8)20-7-13(19)18-12-2-1-9(16)4-11(12)15/h1-6H,7,16H2,(H,18,19). The Morgan fingerprint density at radius 3 is 2.80 bits per heavy atom. The number of halogens is 2. The Hall–Kier alpha value is -1.98. The number of rotatable bonds is 4. The fourth-order valence-corrected chi connectivity index (χ4v) is 1.84. The maximum absolute atomic E-state index is 11.7. The number of nitrogen functional groups attached to an aromatic ring is 1. The summed E-state index contributed by atoms with van der Waals surface area (Å²) in [6.07, 6.45) is 2.94. The highest BCUT2D eigenvalue weighted by Gasteiger charge is 2.07. The van der Waals surface area contributed by atoms with Gasteiger partial charge in [-0.1, -0.05) is 23.2 Å². The summed E-state index contributed by atoms with van der Waals surface area (Å²) < 4.78 is 5.26. The van der Waals surface area contributed by atoms with E-state index in [9.17, 15) is 4.79 Å². The Morgan fingerprint density at radius 1 is 1.30 bits per heavy atom. The molecular weight excluding hydrogens is 301 g/mol. The molecule has 0 unspecified atom stereocenters. The number of nitrogens with two attached hydrogens (primary N) is 1. The molecule has 104 valence electrons. The molecule has 0 spiro atoms. The molecule has 3 N–H and O–H groups in total. The van der Waals surface area contributed by atoms with E-state index in [4.69, 9.17) is 33.7 Å². The summed E-state index contributed by atoms with van der Waals surface area (Å²) in [6.45, 7) is -0.178. The van der Waals surface area contributed by atoms with Crippen molar-refractivity contribution < 1.29 is 9.53 Å². The van der Waals surface area contributed by atoms with Crippen molar-refractivity contribution in [2.24, 2.45) is 0 Å². The van der Waals surface area contributed by atoms with Crippen LogP contribution in [0.2, 0.25) is 10.0 Å². The Kier molecular flexibility index (Phi) is 4.65. The molecule has 0 saturated heterocycles. The highest BCUT2D eigenvalue weighted by Crippen LogP contribution is 2.24. The molecule has 2 aromatic rings. The number of ether oxygens (including phenoxy) is 1. The number of carbonyl (C=O) groups excluding carboxylic acids is 1. The molecule has 1 aromatic heterocycles. The summed E-state index contributed by atoms with van der Waals surface area (Å²) in [5, 5.41) is 3.42. The topological polar surface area (TPSA) is 77.2 Å². The zero-order valence-corrected chi connectivity index (χ0v) is 11.8. The van der Waals surface area contributed by atoms with Crippen molar-refractivity contribution in [3.63, 3.8) is 0 Å². The van der Waals surface area contributed by atoms with Crippen molar-refractivity contribution in [1.82, 2.24) is 4.98 Å². The molecule has 20 heavy (non-hydrogen) atoms. The van der Waals surface area contributed by atoms with Gasteiger partial charge in [-0.25, -0.2) is 0 Å². The lowest BCUT2D eigenvalue weighted by molar-refractivity contribution is -0.118. The number of nitrogens with one attached hydrogen (secondary N) is 1. The smallest absolute Gasteiger partial charge is 0.262 e. The summed E-state index contributed by atoms with van der Waals surface area (Å²) >= 11 is 11.7. The van der Waals surface area contributed by atoms with E-state index in [1.54, 1.807) is 24.3 Å². The van der Waals surface area contributed by atoms with Crippen molar-refractivity contribution in [3.05, 3.63) is 46.7 Å². The number of aromatic nitrogens is 1. The van der Waals surface area contributed by atoms with Gasteiger partial charge in [0.1, 0.15) is 5.75 Å². The normalized spacial score (nSPS) is 10.1. The number of amides is 1. The van der Waals surface area contributed by atoms with Crippen LogP contribution in [-0.4, -0.2) is 17.5 Å². The van der Waals surface area contributed by atoms with Crippen LogP contribution in [0.3, 0.4) is 0 Å². The lowest BCUT2D eigenvalue weighted by Crippen LogP contribution is -2.20. The van der Waals surface area contributed by atoms with E-state index >= 15 is 0 Å². The van der Waals surface area contributed by atoms with E-state index in [2.05, 4.69) is 10.3 Å². The Balaban J connectivity index is 1.92. The minimum atomic E-state index is -0.350. The molecule has 0 aliphatic rings. The highest BCUT2D eigenvalue weighted by atomic mass is 35.5. The molecule has 2 rings (SSSR count). The van der Waals surface area contributed by atoms with E-state index in [1.807, 2.05) is 0 Å². The van der Waals surface area contributed by atoms with Crippen LogP contribution in [0.1, 0.15) is 0 Å². The third-order valence-electron chi connectivity index (χ3n) is 2.32. The number of anilines is 2. The quantitative estimate of drug-likeness (QED) is 0.851. The molecule has 0 bridgehead atoms. The van der Waals surface area contributed by atoms with E-state index < -0.39 is 0 Å². The van der Waals surface area contributed by atoms with Gasteiger partial charge in [0, 0.05) is 18.0 Å². The van der Waals surface area contributed by atoms with Gasteiger partial charge >= 0.3 is 0 Å². The second-order valence-electron chi connectivity index (χ2n) is 3.91. The summed E-state index contributed by atoms with van der Waals surface area (Å²) in [7, 11) is 0. The Labute approximate surface area is 125 Å². The Morgan fingerprint density at radius 2 is 2.10 bits per heavy atom. The minimum absolute atomic E-state index is 0.178. The first-order valence-corrected chi connectivity index (χ1v) is 6.38. The van der Waals surface area contributed by atoms with Crippen LogP contribution in [0.5, 0.6) is 5.75 Å². The van der Waals surface area contributed by atoms with Gasteiger partial charge < -0.3 is 15.8 Å². The van der Waals surface area contributed by atoms with E-state index in [0.29, 0.717) is 27.2 Å². The number of benzene rings is 1. The molecule has 0 radical (unpaired) electrons. The summed E-state index contributed by atoms with van der Waals surface area (Å²) in [5.74, 6) is 0.0627. The summed E-state index contributed by atoms with van der Waals surface area (Å²) in [6, 6.07) is 6.39. The molecule has 0 fully saturated rings. The molecule has 1 heterocycles. The molecule has 0 aliphatic carbocycles. The van der Waals surface area contributed by atoms with Crippen LogP contribution in [0.4, 0.5) is 11.4 Å². The van der Waals surface area contributed by atoms with Gasteiger partial charge in [0.25, 0.3) is 5.91 Å². The van der Waals surface area contributed by atoms with Crippen LogP contribution in [0, 0.1) is 0 Å². The van der Waals surface area contributed by atoms with E-state index in [0.717, 1.165) is 0 Å². The number of pyridine rings is 1. The van der Waals surface area contributed by atoms with Gasteiger partial charge in [-0.05, 0) is 18.2 Å². The third-order valence-corrected chi connectivity index (χ3v) is 2.84. The molecule has 1 aromatic carbocycles. The maximum atomic E-state index is 11.7. The number of hydrogen-bond donors (Lipinski definition) is 2. The lowest BCUT2D eigenvalue weighted by Gasteiger charge is -2.09. The third kappa shape index (κ3) is 4.01. The SMILES string of the molecule is Nc1ccc(NC(=O)COc2cncc(Cl)c2)c(Cl)c1. The van der Waals surface area contributed by atoms with Crippen LogP contribution >= 0.6 is 23.2 Å². The Bertz CT molecular complexity index is 635. The first kappa shape index (κ1) is 14.4. The van der Waals surface area contributed by atoms with Gasteiger partial charge in [0.05, 0.1) is 21.9 Å². The number of hydrogen-bond acceptors (Lipinski definition) is 4. The first-order chi connectivity index (χ1) is 9.54. The second-order valence-corrected chi connectivity index (χ2v) is 4.76. The maximum Gasteiger partial charge on any atom is 0.262 e. The fraction of sp³-hybridized carbons (Fsp3) is 0.0769. The predicted octanol–water partition coefficient (Wildman–Crippen LogP) is 2.99. The zero-order chi connectivity index (χ0) is 14.5. The average Bonchev–Trinajstić information content (AvgIpc) is 2.40.